The molecule has 0 spiro atoms. The van der Waals surface area contributed by atoms with Crippen LogP contribution in [0.5, 0.6) is 0 Å². The number of rotatable bonds is 2. The quantitative estimate of drug-likeness (QED) is 0.738. The molecule has 0 unspecified atom stereocenters. The zero-order valence-corrected chi connectivity index (χ0v) is 18.3. The molecule has 1 fully saturated rings. The van der Waals surface area contributed by atoms with Gasteiger partial charge in [0.05, 0.1) is 0 Å². The number of carbonyl (C=O) groups excluding carboxylic acids is 2. The highest BCUT2D eigenvalue weighted by molar-refractivity contribution is 6.13. The number of Topliss-reactive ketones (excluding diaryl/α,β-unsaturated/α-hetero) is 1. The van der Waals surface area contributed by atoms with Crippen molar-refractivity contribution in [2.75, 3.05) is 26.2 Å². The Labute approximate surface area is 179 Å². The molecule has 3 aliphatic rings. The lowest BCUT2D eigenvalue weighted by molar-refractivity contribution is 0.0270. The van der Waals surface area contributed by atoms with Crippen LogP contribution in [0.25, 0.3) is 5.57 Å². The van der Waals surface area contributed by atoms with E-state index in [0.717, 1.165) is 61.0 Å². The van der Waals surface area contributed by atoms with E-state index in [-0.39, 0.29) is 11.9 Å². The van der Waals surface area contributed by atoms with Crippen LogP contribution in [-0.4, -0.2) is 48.6 Å². The van der Waals surface area contributed by atoms with Gasteiger partial charge >= 0.3 is 6.09 Å². The van der Waals surface area contributed by atoms with Crippen LogP contribution in [0.3, 0.4) is 0 Å². The summed E-state index contributed by atoms with van der Waals surface area (Å²) in [4.78, 5) is 26.8. The standard InChI is InChI=1S/C25H32N2O3/c1-25(2,3)30-24(29)27-12-8-18(9-13-27)19-4-5-22-20(15-19)16-21(23(22)28)14-17-6-10-26-11-7-17/h4-5,8,14-15,17,26H,6-7,9-13,16H2,1-3H3/b21-14+. The van der Waals surface area contributed by atoms with Gasteiger partial charge < -0.3 is 15.0 Å². The molecular weight excluding hydrogens is 376 g/mol. The molecule has 5 heteroatoms. The van der Waals surface area contributed by atoms with Crippen LogP contribution < -0.4 is 5.32 Å². The normalized spacial score (nSPS) is 21.6. The number of amides is 1. The maximum atomic E-state index is 12.8. The molecule has 1 aromatic rings. The minimum absolute atomic E-state index is 0.198. The molecule has 4 rings (SSSR count). The van der Waals surface area contributed by atoms with Gasteiger partial charge in [0.25, 0.3) is 0 Å². The summed E-state index contributed by atoms with van der Waals surface area (Å²) in [5.41, 5.74) is 4.86. The molecule has 5 nitrogen and oxygen atoms in total. The van der Waals surface area contributed by atoms with Gasteiger partial charge in [-0.05, 0) is 75.7 Å². The highest BCUT2D eigenvalue weighted by Gasteiger charge is 2.28. The summed E-state index contributed by atoms with van der Waals surface area (Å²) in [6.45, 7) is 8.93. The Morgan fingerprint density at radius 1 is 1.23 bits per heavy atom. The first kappa shape index (κ1) is 20.9. The van der Waals surface area contributed by atoms with Crippen molar-refractivity contribution in [3.63, 3.8) is 0 Å². The average molecular weight is 409 g/mol. The molecule has 1 saturated heterocycles. The number of nitrogens with one attached hydrogen (secondary N) is 1. The Kier molecular flexibility index (Phi) is 5.83. The van der Waals surface area contributed by atoms with E-state index >= 15 is 0 Å². The molecule has 2 heterocycles. The predicted molar refractivity (Wildman–Crippen MR) is 119 cm³/mol. The maximum absolute atomic E-state index is 12.8. The van der Waals surface area contributed by atoms with E-state index in [2.05, 4.69) is 29.6 Å². The number of piperidine rings is 1. The number of allylic oxidation sites excluding steroid dienone is 2. The smallest absolute Gasteiger partial charge is 0.410 e. The van der Waals surface area contributed by atoms with Crippen LogP contribution >= 0.6 is 0 Å². The van der Waals surface area contributed by atoms with Gasteiger partial charge in [0, 0.05) is 30.6 Å². The second-order valence-electron chi connectivity index (χ2n) is 9.56. The second kappa shape index (κ2) is 8.38. The van der Waals surface area contributed by atoms with E-state index in [9.17, 15) is 9.59 Å². The number of carbonyl (C=O) groups is 2. The fourth-order valence-electron chi connectivity index (χ4n) is 4.47. The fraction of sp³-hybridized carbons (Fsp3) is 0.520. The third-order valence-electron chi connectivity index (χ3n) is 6.07. The summed E-state index contributed by atoms with van der Waals surface area (Å²) < 4.78 is 5.47. The third-order valence-corrected chi connectivity index (χ3v) is 6.07. The molecule has 1 amide bonds. The minimum Gasteiger partial charge on any atom is -0.444 e. The number of nitrogens with zero attached hydrogens (tertiary/aromatic N) is 1. The van der Waals surface area contributed by atoms with E-state index in [1.807, 2.05) is 26.8 Å². The first-order valence-corrected chi connectivity index (χ1v) is 11.1. The fourth-order valence-corrected chi connectivity index (χ4v) is 4.47. The molecule has 0 aromatic heterocycles. The lowest BCUT2D eigenvalue weighted by Crippen LogP contribution is -2.39. The van der Waals surface area contributed by atoms with Crippen LogP contribution in [0.2, 0.25) is 0 Å². The first-order valence-electron chi connectivity index (χ1n) is 11.1. The number of ether oxygens (including phenoxy) is 1. The Morgan fingerprint density at radius 3 is 2.67 bits per heavy atom. The minimum atomic E-state index is -0.479. The molecule has 0 atom stereocenters. The Balaban J connectivity index is 1.45. The van der Waals surface area contributed by atoms with Gasteiger partial charge in [0.2, 0.25) is 0 Å². The van der Waals surface area contributed by atoms with Crippen molar-refractivity contribution in [3.05, 3.63) is 52.6 Å². The summed E-state index contributed by atoms with van der Waals surface area (Å²) in [5.74, 6) is 0.711. The highest BCUT2D eigenvalue weighted by Crippen LogP contribution is 2.32. The van der Waals surface area contributed by atoms with Gasteiger partial charge in [-0.15, -0.1) is 0 Å². The summed E-state index contributed by atoms with van der Waals surface area (Å²) in [6.07, 6.45) is 7.83. The van der Waals surface area contributed by atoms with E-state index in [1.165, 1.54) is 5.57 Å². The van der Waals surface area contributed by atoms with Gasteiger partial charge in [0.1, 0.15) is 5.60 Å². The molecule has 1 aromatic carbocycles. The van der Waals surface area contributed by atoms with E-state index in [0.29, 0.717) is 19.0 Å². The van der Waals surface area contributed by atoms with Gasteiger partial charge in [-0.2, -0.15) is 0 Å². The average Bonchev–Trinajstić information content (AvgIpc) is 3.02. The number of ketones is 1. The van der Waals surface area contributed by atoms with Gasteiger partial charge in [0.15, 0.2) is 5.78 Å². The van der Waals surface area contributed by atoms with Crippen LogP contribution in [0.15, 0.2) is 35.9 Å². The topological polar surface area (TPSA) is 58.6 Å². The molecule has 1 aliphatic carbocycles. The molecule has 0 bridgehead atoms. The molecule has 2 aliphatic heterocycles. The third kappa shape index (κ3) is 4.67. The van der Waals surface area contributed by atoms with Gasteiger partial charge in [-0.1, -0.05) is 30.4 Å². The van der Waals surface area contributed by atoms with Gasteiger partial charge in [-0.25, -0.2) is 4.79 Å². The predicted octanol–water partition coefficient (Wildman–Crippen LogP) is 4.38. The number of hydrogen-bond donors (Lipinski definition) is 1. The summed E-state index contributed by atoms with van der Waals surface area (Å²) in [7, 11) is 0. The van der Waals surface area contributed by atoms with Gasteiger partial charge in [-0.3, -0.25) is 4.79 Å². The van der Waals surface area contributed by atoms with Crippen LogP contribution in [0.4, 0.5) is 4.79 Å². The van der Waals surface area contributed by atoms with Crippen LogP contribution in [0.1, 0.15) is 61.5 Å². The molecule has 160 valence electrons. The second-order valence-corrected chi connectivity index (χ2v) is 9.56. The van der Waals surface area contributed by atoms with Crippen molar-refractivity contribution in [1.29, 1.82) is 0 Å². The summed E-state index contributed by atoms with van der Waals surface area (Å²) in [5, 5.41) is 3.38. The molecule has 30 heavy (non-hydrogen) atoms. The lowest BCUT2D eigenvalue weighted by atomic mass is 9.94. The van der Waals surface area contributed by atoms with Crippen molar-refractivity contribution in [2.45, 2.75) is 52.1 Å². The van der Waals surface area contributed by atoms with Crippen LogP contribution in [0, 0.1) is 5.92 Å². The van der Waals surface area contributed by atoms with E-state index in [1.54, 1.807) is 4.90 Å². The largest absolute Gasteiger partial charge is 0.444 e. The van der Waals surface area contributed by atoms with E-state index in [4.69, 9.17) is 4.74 Å². The Hall–Kier alpha value is -2.40. The summed E-state index contributed by atoms with van der Waals surface area (Å²) in [6, 6.07) is 6.21. The molecule has 0 radical (unpaired) electrons. The number of fused-ring (bicyclic) bond motifs is 1. The molecule has 1 N–H and O–H groups in total. The lowest BCUT2D eigenvalue weighted by Gasteiger charge is -2.29. The number of benzene rings is 1. The molecular formula is C25H32N2O3. The SMILES string of the molecule is CC(C)(C)OC(=O)N1CC=C(c2ccc3c(c2)C/C(=C\C2CCNCC2)C3=O)CC1. The van der Waals surface area contributed by atoms with E-state index < -0.39 is 5.60 Å². The maximum Gasteiger partial charge on any atom is 0.410 e. The van der Waals surface area contributed by atoms with Crippen LogP contribution in [-0.2, 0) is 11.2 Å². The highest BCUT2D eigenvalue weighted by atomic mass is 16.6. The zero-order chi connectivity index (χ0) is 21.3. The van der Waals surface area contributed by atoms with Crippen molar-refractivity contribution in [2.24, 2.45) is 5.92 Å². The first-order chi connectivity index (χ1) is 14.3. The van der Waals surface area contributed by atoms with Crippen molar-refractivity contribution >= 4 is 17.4 Å². The zero-order valence-electron chi connectivity index (χ0n) is 18.3. The van der Waals surface area contributed by atoms with Crippen molar-refractivity contribution in [1.82, 2.24) is 10.2 Å². The summed E-state index contributed by atoms with van der Waals surface area (Å²) >= 11 is 0. The monoisotopic (exact) mass is 408 g/mol. The Morgan fingerprint density at radius 2 is 2.00 bits per heavy atom. The van der Waals surface area contributed by atoms with Crippen molar-refractivity contribution in [3.8, 4) is 0 Å². The Bertz CT molecular complexity index is 901. The number of hydrogen-bond acceptors (Lipinski definition) is 4. The van der Waals surface area contributed by atoms with Crippen molar-refractivity contribution < 1.29 is 14.3 Å². The molecule has 0 saturated carbocycles.